The predicted octanol–water partition coefficient (Wildman–Crippen LogP) is 2.20. The van der Waals surface area contributed by atoms with Crippen molar-refractivity contribution in [3.8, 4) is 17.2 Å². The van der Waals surface area contributed by atoms with E-state index >= 15 is 0 Å². The van der Waals surface area contributed by atoms with E-state index < -0.39 is 0 Å². The first-order valence-corrected chi connectivity index (χ1v) is 8.40. The lowest BCUT2D eigenvalue weighted by Crippen LogP contribution is -2.41. The molecule has 6 nitrogen and oxygen atoms in total. The normalized spacial score (nSPS) is 16.6. The molecule has 0 saturated carbocycles. The highest BCUT2D eigenvalue weighted by atomic mass is 32.1. The summed E-state index contributed by atoms with van der Waals surface area (Å²) in [4.78, 5) is 2.09. The van der Waals surface area contributed by atoms with Crippen LogP contribution >= 0.6 is 12.2 Å². The largest absolute Gasteiger partial charge is 0.496 e. The summed E-state index contributed by atoms with van der Waals surface area (Å²) in [5.41, 5.74) is 0.978. The third kappa shape index (κ3) is 4.42. The van der Waals surface area contributed by atoms with Crippen LogP contribution in [-0.2, 0) is 11.3 Å². The summed E-state index contributed by atoms with van der Waals surface area (Å²) in [7, 11) is 6.70. The van der Waals surface area contributed by atoms with Crippen molar-refractivity contribution in [2.45, 2.75) is 25.5 Å². The van der Waals surface area contributed by atoms with E-state index in [1.54, 1.807) is 21.3 Å². The Balaban J connectivity index is 2.24. The number of ether oxygens (including phenoxy) is 4. The van der Waals surface area contributed by atoms with Crippen LogP contribution in [0.5, 0.6) is 17.2 Å². The van der Waals surface area contributed by atoms with Crippen LogP contribution in [0.15, 0.2) is 12.1 Å². The smallest absolute Gasteiger partial charge is 0.169 e. The molecular formula is C17H26N2O4S. The van der Waals surface area contributed by atoms with Crippen molar-refractivity contribution in [2.24, 2.45) is 0 Å². The maximum absolute atomic E-state index is 5.75. The minimum absolute atomic E-state index is 0.211. The molecule has 1 saturated heterocycles. The SMILES string of the molecule is CNC(=S)N(Cc1cc(OC)c(OC)cc1OC)CC1CCCO1. The number of thiocarbonyl (C=S) groups is 1. The molecule has 1 aliphatic rings. The van der Waals surface area contributed by atoms with Crippen LogP contribution in [0, 0.1) is 0 Å². The number of rotatable bonds is 7. The van der Waals surface area contributed by atoms with E-state index in [4.69, 9.17) is 31.2 Å². The fourth-order valence-corrected chi connectivity index (χ4v) is 2.97. The van der Waals surface area contributed by atoms with Crippen LogP contribution in [0.25, 0.3) is 0 Å². The topological polar surface area (TPSA) is 52.2 Å². The Morgan fingerprint density at radius 1 is 1.21 bits per heavy atom. The van der Waals surface area contributed by atoms with Crippen molar-refractivity contribution in [3.05, 3.63) is 17.7 Å². The summed E-state index contributed by atoms with van der Waals surface area (Å²) in [6, 6.07) is 3.76. The highest BCUT2D eigenvalue weighted by Gasteiger charge is 2.22. The van der Waals surface area contributed by atoms with Gasteiger partial charge in [0.1, 0.15) is 5.75 Å². The van der Waals surface area contributed by atoms with Crippen LogP contribution in [0.1, 0.15) is 18.4 Å². The number of nitrogens with zero attached hydrogens (tertiary/aromatic N) is 1. The number of hydrogen-bond acceptors (Lipinski definition) is 5. The van der Waals surface area contributed by atoms with Crippen molar-refractivity contribution in [1.82, 2.24) is 10.2 Å². The molecule has 7 heteroatoms. The second-order valence-electron chi connectivity index (χ2n) is 5.59. The van der Waals surface area contributed by atoms with E-state index in [1.807, 2.05) is 19.2 Å². The van der Waals surface area contributed by atoms with Crippen molar-refractivity contribution in [3.63, 3.8) is 0 Å². The Morgan fingerprint density at radius 3 is 2.42 bits per heavy atom. The molecule has 0 spiro atoms. The number of hydrogen-bond donors (Lipinski definition) is 1. The molecule has 0 amide bonds. The Morgan fingerprint density at radius 2 is 1.88 bits per heavy atom. The van der Waals surface area contributed by atoms with Gasteiger partial charge in [-0.3, -0.25) is 0 Å². The molecule has 0 bridgehead atoms. The lowest BCUT2D eigenvalue weighted by atomic mass is 10.1. The molecule has 1 aliphatic heterocycles. The quantitative estimate of drug-likeness (QED) is 0.753. The molecular weight excluding hydrogens is 328 g/mol. The predicted molar refractivity (Wildman–Crippen MR) is 97.1 cm³/mol. The van der Waals surface area contributed by atoms with E-state index in [1.165, 1.54) is 0 Å². The number of benzene rings is 1. The van der Waals surface area contributed by atoms with E-state index in [-0.39, 0.29) is 6.10 Å². The average molecular weight is 354 g/mol. The molecule has 24 heavy (non-hydrogen) atoms. The summed E-state index contributed by atoms with van der Waals surface area (Å²) in [6.07, 6.45) is 2.37. The van der Waals surface area contributed by atoms with Gasteiger partial charge in [0.25, 0.3) is 0 Å². The van der Waals surface area contributed by atoms with Crippen LogP contribution in [0.2, 0.25) is 0 Å². The van der Waals surface area contributed by atoms with Gasteiger partial charge < -0.3 is 29.2 Å². The first-order chi connectivity index (χ1) is 11.6. The van der Waals surface area contributed by atoms with Crippen molar-refractivity contribution in [2.75, 3.05) is 41.5 Å². The summed E-state index contributed by atoms with van der Waals surface area (Å²) >= 11 is 5.46. The zero-order chi connectivity index (χ0) is 17.5. The maximum atomic E-state index is 5.75. The van der Waals surface area contributed by atoms with Gasteiger partial charge in [-0.25, -0.2) is 0 Å². The first-order valence-electron chi connectivity index (χ1n) is 8.00. The minimum atomic E-state index is 0.211. The lowest BCUT2D eigenvalue weighted by molar-refractivity contribution is 0.0897. The van der Waals surface area contributed by atoms with Crippen LogP contribution in [-0.4, -0.2) is 57.6 Å². The van der Waals surface area contributed by atoms with E-state index in [0.29, 0.717) is 23.2 Å². The molecule has 134 valence electrons. The van der Waals surface area contributed by atoms with Crippen LogP contribution in [0.3, 0.4) is 0 Å². The van der Waals surface area contributed by atoms with Crippen molar-refractivity contribution in [1.29, 1.82) is 0 Å². The second kappa shape index (κ2) is 8.94. The molecule has 0 aromatic heterocycles. The van der Waals surface area contributed by atoms with Crippen molar-refractivity contribution < 1.29 is 18.9 Å². The van der Waals surface area contributed by atoms with E-state index in [9.17, 15) is 0 Å². The highest BCUT2D eigenvalue weighted by molar-refractivity contribution is 7.80. The Bertz CT molecular complexity index is 562. The lowest BCUT2D eigenvalue weighted by Gasteiger charge is -2.28. The number of nitrogens with one attached hydrogen (secondary N) is 1. The summed E-state index contributed by atoms with van der Waals surface area (Å²) in [5.74, 6) is 2.05. The van der Waals surface area contributed by atoms with Gasteiger partial charge in [-0.05, 0) is 31.1 Å². The Hall–Kier alpha value is -1.73. The Kier molecular flexibility index (Phi) is 6.93. The molecule has 1 unspecified atom stereocenters. The molecule has 1 heterocycles. The third-order valence-corrected chi connectivity index (χ3v) is 4.56. The van der Waals surface area contributed by atoms with Gasteiger partial charge in [-0.15, -0.1) is 0 Å². The molecule has 1 aromatic carbocycles. The average Bonchev–Trinajstić information content (AvgIpc) is 3.12. The highest BCUT2D eigenvalue weighted by Crippen LogP contribution is 2.35. The van der Waals surface area contributed by atoms with Gasteiger partial charge in [0.05, 0.1) is 27.4 Å². The summed E-state index contributed by atoms with van der Waals surface area (Å²) in [5, 5.41) is 3.74. The molecule has 1 atom stereocenters. The van der Waals surface area contributed by atoms with Gasteiger partial charge in [-0.2, -0.15) is 0 Å². The van der Waals surface area contributed by atoms with Gasteiger partial charge in [0.2, 0.25) is 0 Å². The summed E-state index contributed by atoms with van der Waals surface area (Å²) in [6.45, 7) is 2.17. The standard InChI is InChI=1S/C17H26N2O4S/c1-18-17(24)19(11-13-6-5-7-23-13)10-12-8-15(21-3)16(22-4)9-14(12)20-2/h8-9,13H,5-7,10-11H2,1-4H3,(H,18,24). The van der Waals surface area contributed by atoms with Crippen LogP contribution < -0.4 is 19.5 Å². The Labute approximate surface area is 149 Å². The van der Waals surface area contributed by atoms with Gasteiger partial charge in [0, 0.05) is 38.4 Å². The second-order valence-corrected chi connectivity index (χ2v) is 5.98. The third-order valence-electron chi connectivity index (χ3n) is 4.10. The molecule has 1 N–H and O–H groups in total. The molecule has 0 aliphatic carbocycles. The fourth-order valence-electron chi connectivity index (χ4n) is 2.83. The van der Waals surface area contributed by atoms with Crippen LogP contribution in [0.4, 0.5) is 0 Å². The molecule has 1 aromatic rings. The molecule has 0 radical (unpaired) electrons. The van der Waals surface area contributed by atoms with E-state index in [0.717, 1.165) is 37.3 Å². The van der Waals surface area contributed by atoms with Gasteiger partial charge in [-0.1, -0.05) is 0 Å². The van der Waals surface area contributed by atoms with Crippen molar-refractivity contribution >= 4 is 17.3 Å². The minimum Gasteiger partial charge on any atom is -0.496 e. The summed E-state index contributed by atoms with van der Waals surface area (Å²) < 4.78 is 22.0. The van der Waals surface area contributed by atoms with Gasteiger partial charge >= 0.3 is 0 Å². The first kappa shape index (κ1) is 18.6. The van der Waals surface area contributed by atoms with E-state index in [2.05, 4.69) is 10.2 Å². The molecule has 2 rings (SSSR count). The number of methoxy groups -OCH3 is 3. The monoisotopic (exact) mass is 354 g/mol. The zero-order valence-corrected chi connectivity index (χ0v) is 15.6. The molecule has 1 fully saturated rings. The fraction of sp³-hybridized carbons (Fsp3) is 0.588. The zero-order valence-electron chi connectivity index (χ0n) is 14.8. The van der Waals surface area contributed by atoms with Gasteiger partial charge in [0.15, 0.2) is 16.6 Å². The maximum Gasteiger partial charge on any atom is 0.169 e.